The van der Waals surface area contributed by atoms with E-state index < -0.39 is 0 Å². The van der Waals surface area contributed by atoms with Crippen molar-refractivity contribution in [3.8, 4) is 0 Å². The fourth-order valence-electron chi connectivity index (χ4n) is 2.45. The number of carbonyl (C=O) groups excluding carboxylic acids is 1. The molecule has 0 saturated heterocycles. The molecule has 122 valence electrons. The quantitative estimate of drug-likeness (QED) is 0.489. The molecule has 3 rings (SSSR count). The molecule has 0 saturated carbocycles. The number of hydrogen-bond donors (Lipinski definition) is 0. The lowest BCUT2D eigenvalue weighted by atomic mass is 10.0. The van der Waals surface area contributed by atoms with Crippen molar-refractivity contribution in [2.45, 2.75) is 19.8 Å². The number of carbonyl (C=O) groups is 1. The maximum atomic E-state index is 12.1. The Morgan fingerprint density at radius 2 is 1.75 bits per heavy atom. The van der Waals surface area contributed by atoms with E-state index in [1.54, 1.807) is 30.4 Å². The minimum Gasteiger partial charge on any atom is -0.422 e. The van der Waals surface area contributed by atoms with Crippen molar-refractivity contribution in [2.75, 3.05) is 0 Å². The van der Waals surface area contributed by atoms with Crippen molar-refractivity contribution in [1.82, 2.24) is 0 Å². The number of cyclic esters (lactones) is 1. The third-order valence-electron chi connectivity index (χ3n) is 3.86. The molecule has 0 N–H and O–H groups in total. The largest absolute Gasteiger partial charge is 0.422 e. The van der Waals surface area contributed by atoms with Crippen molar-refractivity contribution >= 4 is 41.0 Å². The summed E-state index contributed by atoms with van der Waals surface area (Å²) in [5.41, 5.74) is 3.30. The van der Waals surface area contributed by atoms with Crippen LogP contribution in [-0.2, 0) is 9.53 Å². The Morgan fingerprint density at radius 1 is 1.04 bits per heavy atom. The fraction of sp³-hybridized carbons (Fsp3) is 0.150. The van der Waals surface area contributed by atoms with Gasteiger partial charge in [-0.2, -0.15) is 0 Å². The number of esters is 1. The van der Waals surface area contributed by atoms with Gasteiger partial charge in [-0.05, 0) is 41.3 Å². The molecule has 2 nitrogen and oxygen atoms in total. The number of rotatable bonds is 3. The van der Waals surface area contributed by atoms with Crippen molar-refractivity contribution in [2.24, 2.45) is 0 Å². The molecule has 4 heteroatoms. The fourth-order valence-corrected chi connectivity index (χ4v) is 2.91. The highest BCUT2D eigenvalue weighted by Gasteiger charge is 2.22. The summed E-state index contributed by atoms with van der Waals surface area (Å²) in [6, 6.07) is 13.2. The summed E-state index contributed by atoms with van der Waals surface area (Å²) in [7, 11) is 0. The van der Waals surface area contributed by atoms with Gasteiger partial charge < -0.3 is 4.74 Å². The third-order valence-corrected chi connectivity index (χ3v) is 4.42. The van der Waals surface area contributed by atoms with E-state index in [1.807, 2.05) is 24.3 Å². The number of benzene rings is 2. The summed E-state index contributed by atoms with van der Waals surface area (Å²) < 4.78 is 5.38. The highest BCUT2D eigenvalue weighted by atomic mass is 35.5. The predicted molar refractivity (Wildman–Crippen MR) is 99.0 cm³/mol. The first-order chi connectivity index (χ1) is 11.4. The molecular weight excluding hydrogens is 343 g/mol. The van der Waals surface area contributed by atoms with E-state index in [4.69, 9.17) is 27.9 Å². The summed E-state index contributed by atoms with van der Waals surface area (Å²) >= 11 is 12.0. The average Bonchev–Trinajstić information content (AvgIpc) is 2.91. The number of halogens is 2. The van der Waals surface area contributed by atoms with Crippen LogP contribution in [0.2, 0.25) is 10.0 Å². The van der Waals surface area contributed by atoms with Gasteiger partial charge in [-0.25, -0.2) is 4.79 Å². The van der Waals surface area contributed by atoms with Gasteiger partial charge in [0.15, 0.2) is 0 Å². The Kier molecular flexibility index (Phi) is 4.79. The maximum Gasteiger partial charge on any atom is 0.343 e. The van der Waals surface area contributed by atoms with Gasteiger partial charge in [-0.3, -0.25) is 0 Å². The zero-order chi connectivity index (χ0) is 17.3. The minimum absolute atomic E-state index is 0.385. The van der Waals surface area contributed by atoms with Gasteiger partial charge in [0.25, 0.3) is 0 Å². The van der Waals surface area contributed by atoms with Crippen LogP contribution in [0.5, 0.6) is 0 Å². The normalized spacial score (nSPS) is 15.8. The van der Waals surface area contributed by atoms with Crippen LogP contribution >= 0.6 is 23.2 Å². The Labute approximate surface area is 151 Å². The Balaban J connectivity index is 1.91. The lowest BCUT2D eigenvalue weighted by Gasteiger charge is -2.06. The van der Waals surface area contributed by atoms with Gasteiger partial charge >= 0.3 is 5.97 Å². The lowest BCUT2D eigenvalue weighted by Crippen LogP contribution is -1.97. The SMILES string of the molecule is CC(C)c1ccc(C2=CC(=Cc3ccc(Cl)cc3Cl)C(=O)O2)cc1. The second-order valence-electron chi connectivity index (χ2n) is 5.94. The van der Waals surface area contributed by atoms with Gasteiger partial charge in [-0.15, -0.1) is 0 Å². The topological polar surface area (TPSA) is 26.3 Å². The highest BCUT2D eigenvalue weighted by molar-refractivity contribution is 6.35. The molecule has 0 radical (unpaired) electrons. The van der Waals surface area contributed by atoms with Crippen LogP contribution in [0.25, 0.3) is 11.8 Å². The molecular formula is C20H16Cl2O2. The van der Waals surface area contributed by atoms with Gasteiger partial charge in [0.2, 0.25) is 0 Å². The molecule has 2 aromatic rings. The maximum absolute atomic E-state index is 12.1. The highest BCUT2D eigenvalue weighted by Crippen LogP contribution is 2.30. The molecule has 0 atom stereocenters. The van der Waals surface area contributed by atoms with Crippen molar-refractivity contribution in [3.63, 3.8) is 0 Å². The van der Waals surface area contributed by atoms with Crippen LogP contribution in [0, 0.1) is 0 Å². The summed E-state index contributed by atoms with van der Waals surface area (Å²) in [5.74, 6) is 0.622. The zero-order valence-corrected chi connectivity index (χ0v) is 14.9. The second kappa shape index (κ2) is 6.84. The van der Waals surface area contributed by atoms with Crippen molar-refractivity contribution < 1.29 is 9.53 Å². The summed E-state index contributed by atoms with van der Waals surface area (Å²) in [4.78, 5) is 12.1. The average molecular weight is 359 g/mol. The third kappa shape index (κ3) is 3.55. The summed E-state index contributed by atoms with van der Waals surface area (Å²) in [5, 5.41) is 1.04. The zero-order valence-electron chi connectivity index (χ0n) is 13.3. The monoisotopic (exact) mass is 358 g/mol. The standard InChI is InChI=1S/C20H16Cl2O2/c1-12(2)13-3-5-14(6-4-13)19-10-16(20(23)24-19)9-15-7-8-17(21)11-18(15)22/h3-12H,1-2H3. The van der Waals surface area contributed by atoms with E-state index in [0.29, 0.717) is 27.3 Å². The molecule has 0 aromatic heterocycles. The van der Waals surface area contributed by atoms with Crippen LogP contribution in [0.3, 0.4) is 0 Å². The van der Waals surface area contributed by atoms with Crippen molar-refractivity contribution in [1.29, 1.82) is 0 Å². The summed E-state index contributed by atoms with van der Waals surface area (Å²) in [6.45, 7) is 4.28. The Morgan fingerprint density at radius 3 is 2.38 bits per heavy atom. The minimum atomic E-state index is -0.385. The van der Waals surface area contributed by atoms with E-state index in [9.17, 15) is 4.79 Å². The Hall–Kier alpha value is -2.03. The smallest absolute Gasteiger partial charge is 0.343 e. The Bertz CT molecular complexity index is 846. The first-order valence-corrected chi connectivity index (χ1v) is 8.40. The van der Waals surface area contributed by atoms with Crippen LogP contribution in [0.1, 0.15) is 36.5 Å². The van der Waals surface area contributed by atoms with Crippen LogP contribution in [0.15, 0.2) is 54.1 Å². The molecule has 24 heavy (non-hydrogen) atoms. The molecule has 1 aliphatic rings. The molecule has 0 fully saturated rings. The molecule has 0 bridgehead atoms. The van der Waals surface area contributed by atoms with E-state index >= 15 is 0 Å². The summed E-state index contributed by atoms with van der Waals surface area (Å²) in [6.07, 6.45) is 3.44. The van der Waals surface area contributed by atoms with Crippen LogP contribution in [0.4, 0.5) is 0 Å². The molecule has 1 aliphatic heterocycles. The molecule has 0 aliphatic carbocycles. The van der Waals surface area contributed by atoms with E-state index in [-0.39, 0.29) is 5.97 Å². The van der Waals surface area contributed by atoms with Gasteiger partial charge in [0, 0.05) is 15.6 Å². The van der Waals surface area contributed by atoms with Crippen LogP contribution < -0.4 is 0 Å². The molecule has 1 heterocycles. The van der Waals surface area contributed by atoms with Crippen LogP contribution in [-0.4, -0.2) is 5.97 Å². The van der Waals surface area contributed by atoms with Gasteiger partial charge in [0.1, 0.15) is 5.76 Å². The van der Waals surface area contributed by atoms with Crippen molar-refractivity contribution in [3.05, 3.63) is 80.8 Å². The first kappa shape index (κ1) is 16.8. The van der Waals surface area contributed by atoms with Gasteiger partial charge in [-0.1, -0.05) is 67.4 Å². The molecule has 0 spiro atoms. The predicted octanol–water partition coefficient (Wildman–Crippen LogP) is 6.10. The lowest BCUT2D eigenvalue weighted by molar-refractivity contribution is -0.130. The number of ether oxygens (including phenoxy) is 1. The first-order valence-electron chi connectivity index (χ1n) is 7.65. The van der Waals surface area contributed by atoms with Gasteiger partial charge in [0.05, 0.1) is 5.57 Å². The van der Waals surface area contributed by atoms with E-state index in [2.05, 4.69) is 13.8 Å². The molecule has 0 amide bonds. The van der Waals surface area contributed by atoms with E-state index in [1.165, 1.54) is 5.56 Å². The van der Waals surface area contributed by atoms with E-state index in [0.717, 1.165) is 11.1 Å². The second-order valence-corrected chi connectivity index (χ2v) is 6.78. The molecule has 0 unspecified atom stereocenters. The number of hydrogen-bond acceptors (Lipinski definition) is 2. The molecule has 2 aromatic carbocycles.